The van der Waals surface area contributed by atoms with Gasteiger partial charge in [-0.05, 0) is 42.5 Å². The highest BCUT2D eigenvalue weighted by molar-refractivity contribution is 9.10. The number of ether oxygens (including phenoxy) is 4. The third-order valence-electron chi connectivity index (χ3n) is 4.02. The number of rotatable bonds is 6. The molecule has 0 saturated heterocycles. The number of fused-ring (bicyclic) bond motifs is 1. The summed E-state index contributed by atoms with van der Waals surface area (Å²) in [5.41, 5.74) is 1.13. The number of carbonyl (C=O) groups is 1. The Morgan fingerprint density at radius 1 is 1.14 bits per heavy atom. The first-order valence-corrected chi connectivity index (χ1v) is 9.24. The first-order chi connectivity index (χ1) is 13.7. The zero-order valence-electron chi connectivity index (χ0n) is 14.9. The van der Waals surface area contributed by atoms with Crippen LogP contribution in [0.25, 0.3) is 11.4 Å². The smallest absolute Gasteiger partial charge is 0.336 e. The van der Waals surface area contributed by atoms with Crippen LogP contribution in [0.4, 0.5) is 0 Å². The molecule has 0 spiro atoms. The lowest BCUT2D eigenvalue weighted by Crippen LogP contribution is -2.15. The van der Waals surface area contributed by atoms with Gasteiger partial charge < -0.3 is 18.9 Å². The van der Waals surface area contributed by atoms with Gasteiger partial charge in [0.15, 0.2) is 17.3 Å². The van der Waals surface area contributed by atoms with E-state index in [0.717, 1.165) is 4.47 Å². The van der Waals surface area contributed by atoms with E-state index in [0.29, 0.717) is 35.1 Å². The van der Waals surface area contributed by atoms with E-state index < -0.39 is 0 Å². The van der Waals surface area contributed by atoms with Crippen LogP contribution in [0.5, 0.6) is 17.5 Å². The van der Waals surface area contributed by atoms with Crippen LogP contribution in [0.1, 0.15) is 10.4 Å². The van der Waals surface area contributed by atoms with Gasteiger partial charge in [-0.15, -0.1) is 5.10 Å². The maximum Gasteiger partial charge on any atom is 0.336 e. The fourth-order valence-electron chi connectivity index (χ4n) is 2.65. The van der Waals surface area contributed by atoms with Crippen molar-refractivity contribution in [2.24, 2.45) is 0 Å². The molecule has 2 aromatic carbocycles. The van der Waals surface area contributed by atoms with Gasteiger partial charge in [0.05, 0.1) is 6.61 Å². The minimum Gasteiger partial charge on any atom is -0.460 e. The van der Waals surface area contributed by atoms with E-state index in [1.54, 1.807) is 49.6 Å². The lowest BCUT2D eigenvalue weighted by Gasteiger charge is -2.05. The van der Waals surface area contributed by atoms with Crippen molar-refractivity contribution >= 4 is 21.8 Å². The quantitative estimate of drug-likeness (QED) is 0.538. The maximum atomic E-state index is 13.0. The number of halogens is 1. The first-order valence-electron chi connectivity index (χ1n) is 8.45. The van der Waals surface area contributed by atoms with Crippen LogP contribution < -0.4 is 14.2 Å². The number of carbonyl (C=O) groups excluding carboxylic acids is 1. The molecule has 0 N–H and O–H groups in total. The van der Waals surface area contributed by atoms with Crippen molar-refractivity contribution in [2.45, 2.75) is 0 Å². The van der Waals surface area contributed by atoms with Crippen LogP contribution in [0.15, 0.2) is 46.9 Å². The fourth-order valence-corrected chi connectivity index (χ4v) is 2.91. The SMILES string of the molecule is COCCOc1nc(-c2ccc3c(c2)OCO3)n(C(=O)c2ccc(Br)cc2)n1. The van der Waals surface area contributed by atoms with Crippen molar-refractivity contribution in [3.05, 3.63) is 52.5 Å². The summed E-state index contributed by atoms with van der Waals surface area (Å²) in [6.45, 7) is 0.816. The Morgan fingerprint density at radius 2 is 1.93 bits per heavy atom. The molecule has 8 nitrogen and oxygen atoms in total. The molecule has 3 aromatic rings. The molecule has 28 heavy (non-hydrogen) atoms. The van der Waals surface area contributed by atoms with Crippen molar-refractivity contribution in [2.75, 3.05) is 27.1 Å². The highest BCUT2D eigenvalue weighted by atomic mass is 79.9. The minimum absolute atomic E-state index is 0.0928. The van der Waals surface area contributed by atoms with Crippen LogP contribution in [0, 0.1) is 0 Å². The van der Waals surface area contributed by atoms with Gasteiger partial charge in [-0.2, -0.15) is 9.67 Å². The van der Waals surface area contributed by atoms with E-state index in [2.05, 4.69) is 26.0 Å². The van der Waals surface area contributed by atoms with E-state index in [9.17, 15) is 4.79 Å². The number of hydrogen-bond acceptors (Lipinski definition) is 7. The predicted octanol–water partition coefficient (Wildman–Crippen LogP) is 3.15. The van der Waals surface area contributed by atoms with Crippen LogP contribution >= 0.6 is 15.9 Å². The molecular weight excluding hydrogens is 430 g/mol. The Balaban J connectivity index is 1.73. The van der Waals surface area contributed by atoms with Crippen molar-refractivity contribution < 1.29 is 23.7 Å². The number of methoxy groups -OCH3 is 1. The van der Waals surface area contributed by atoms with Gasteiger partial charge in [0.2, 0.25) is 6.79 Å². The molecule has 0 radical (unpaired) electrons. The molecule has 4 rings (SSSR count). The number of benzene rings is 2. The molecular formula is C19H16BrN3O5. The largest absolute Gasteiger partial charge is 0.460 e. The molecule has 0 amide bonds. The molecule has 9 heteroatoms. The average Bonchev–Trinajstić information content (AvgIpc) is 3.34. The molecule has 0 unspecified atom stereocenters. The lowest BCUT2D eigenvalue weighted by atomic mass is 10.1. The molecule has 0 fully saturated rings. The molecule has 0 aliphatic carbocycles. The van der Waals surface area contributed by atoms with E-state index >= 15 is 0 Å². The third kappa shape index (κ3) is 3.71. The summed E-state index contributed by atoms with van der Waals surface area (Å²) in [5, 5.41) is 4.25. The highest BCUT2D eigenvalue weighted by Gasteiger charge is 2.22. The first kappa shape index (κ1) is 18.5. The monoisotopic (exact) mass is 445 g/mol. The Hall–Kier alpha value is -2.91. The second-order valence-electron chi connectivity index (χ2n) is 5.85. The number of nitrogens with zero attached hydrogens (tertiary/aromatic N) is 3. The summed E-state index contributed by atoms with van der Waals surface area (Å²) in [4.78, 5) is 17.4. The molecule has 0 saturated carbocycles. The molecule has 1 aliphatic rings. The Morgan fingerprint density at radius 3 is 2.71 bits per heavy atom. The Labute approximate surface area is 169 Å². The van der Waals surface area contributed by atoms with Crippen molar-refractivity contribution in [1.29, 1.82) is 0 Å². The summed E-state index contributed by atoms with van der Waals surface area (Å²) in [6, 6.07) is 12.4. The van der Waals surface area contributed by atoms with E-state index in [4.69, 9.17) is 18.9 Å². The average molecular weight is 446 g/mol. The van der Waals surface area contributed by atoms with Crippen LogP contribution in [-0.4, -0.2) is 47.8 Å². The fraction of sp³-hybridized carbons (Fsp3) is 0.211. The van der Waals surface area contributed by atoms with E-state index in [1.807, 2.05) is 0 Å². The van der Waals surface area contributed by atoms with Gasteiger partial charge in [0, 0.05) is 22.7 Å². The molecule has 144 valence electrons. The molecule has 1 aliphatic heterocycles. The highest BCUT2D eigenvalue weighted by Crippen LogP contribution is 2.36. The zero-order valence-corrected chi connectivity index (χ0v) is 16.5. The Bertz CT molecular complexity index is 1000. The minimum atomic E-state index is -0.325. The standard InChI is InChI=1S/C19H16BrN3O5/c1-25-8-9-26-19-21-17(13-4-7-15-16(10-13)28-11-27-15)23(22-19)18(24)12-2-5-14(20)6-3-12/h2-7,10H,8-9,11H2,1H3. The molecule has 2 heterocycles. The van der Waals surface area contributed by atoms with Gasteiger partial charge in [-0.1, -0.05) is 15.9 Å². The number of aromatic nitrogens is 3. The molecule has 0 bridgehead atoms. The van der Waals surface area contributed by atoms with Crippen molar-refractivity contribution in [3.8, 4) is 28.9 Å². The summed E-state index contributed by atoms with van der Waals surface area (Å²) in [7, 11) is 1.57. The zero-order chi connectivity index (χ0) is 19.5. The maximum absolute atomic E-state index is 13.0. The summed E-state index contributed by atoms with van der Waals surface area (Å²) in [6.07, 6.45) is 0. The van der Waals surface area contributed by atoms with Gasteiger partial charge >= 0.3 is 6.01 Å². The topological polar surface area (TPSA) is 84.7 Å². The van der Waals surface area contributed by atoms with E-state index in [1.165, 1.54) is 4.68 Å². The van der Waals surface area contributed by atoms with Crippen molar-refractivity contribution in [1.82, 2.24) is 14.8 Å². The molecule has 1 aromatic heterocycles. The van der Waals surface area contributed by atoms with E-state index in [-0.39, 0.29) is 25.3 Å². The Kier molecular flexibility index (Phi) is 5.27. The van der Waals surface area contributed by atoms with Crippen LogP contribution in [-0.2, 0) is 4.74 Å². The summed E-state index contributed by atoms with van der Waals surface area (Å²) >= 11 is 3.37. The number of hydrogen-bond donors (Lipinski definition) is 0. The second kappa shape index (κ2) is 7.99. The van der Waals surface area contributed by atoms with Crippen LogP contribution in [0.2, 0.25) is 0 Å². The normalized spacial score (nSPS) is 12.2. The van der Waals surface area contributed by atoms with Crippen molar-refractivity contribution in [3.63, 3.8) is 0 Å². The summed E-state index contributed by atoms with van der Waals surface area (Å²) < 4.78 is 23.4. The second-order valence-corrected chi connectivity index (χ2v) is 6.77. The summed E-state index contributed by atoms with van der Waals surface area (Å²) in [5.74, 6) is 1.25. The van der Waals surface area contributed by atoms with Gasteiger partial charge in [0.1, 0.15) is 6.61 Å². The lowest BCUT2D eigenvalue weighted by molar-refractivity contribution is 0.0943. The molecule has 0 atom stereocenters. The third-order valence-corrected chi connectivity index (χ3v) is 4.55. The predicted molar refractivity (Wildman–Crippen MR) is 103 cm³/mol. The van der Waals surface area contributed by atoms with Crippen LogP contribution in [0.3, 0.4) is 0 Å². The van der Waals surface area contributed by atoms with Gasteiger partial charge in [-0.3, -0.25) is 4.79 Å². The van der Waals surface area contributed by atoms with Gasteiger partial charge in [0.25, 0.3) is 5.91 Å². The van der Waals surface area contributed by atoms with Gasteiger partial charge in [-0.25, -0.2) is 0 Å².